The lowest BCUT2D eigenvalue weighted by Gasteiger charge is -2.36. The van der Waals surface area contributed by atoms with E-state index in [4.69, 9.17) is 28.9 Å². The van der Waals surface area contributed by atoms with Crippen LogP contribution in [0.2, 0.25) is 10.0 Å². The van der Waals surface area contributed by atoms with Crippen LogP contribution in [-0.4, -0.2) is 32.7 Å². The molecule has 4 atom stereocenters. The highest BCUT2D eigenvalue weighted by Crippen LogP contribution is 2.43. The quantitative estimate of drug-likeness (QED) is 0.522. The summed E-state index contributed by atoms with van der Waals surface area (Å²) >= 11 is 14.2. The van der Waals surface area contributed by atoms with Crippen LogP contribution in [0.4, 0.5) is 4.39 Å². The monoisotopic (exact) mass is 465 g/mol. The normalized spacial score (nSPS) is 22.8. The fourth-order valence-corrected chi connectivity index (χ4v) is 6.09. The Kier molecular flexibility index (Phi) is 6.65. The van der Waals surface area contributed by atoms with Gasteiger partial charge in [0, 0.05) is 52.1 Å². The van der Waals surface area contributed by atoms with E-state index in [-0.39, 0.29) is 27.6 Å². The number of thioether (sulfide) groups is 1. The number of piperidine rings is 1. The highest BCUT2D eigenvalue weighted by Gasteiger charge is 2.32. The fraction of sp³-hybridized carbons (Fsp3) is 0.333. The van der Waals surface area contributed by atoms with Crippen molar-refractivity contribution in [3.8, 4) is 5.69 Å². The second-order valence-electron chi connectivity index (χ2n) is 7.36. The Morgan fingerprint density at radius 2 is 2.03 bits per heavy atom. The van der Waals surface area contributed by atoms with E-state index in [1.807, 2.05) is 36.1 Å². The first-order valence-electron chi connectivity index (χ1n) is 9.67. The topological polar surface area (TPSA) is 68.8 Å². The molecule has 1 aromatic carbocycles. The van der Waals surface area contributed by atoms with Gasteiger partial charge in [-0.15, -0.1) is 11.8 Å². The van der Waals surface area contributed by atoms with Crippen LogP contribution in [0.1, 0.15) is 35.6 Å². The van der Waals surface area contributed by atoms with Crippen LogP contribution in [0.15, 0.2) is 49.1 Å². The largest absolute Gasteiger partial charge is 0.315 e. The molecule has 4 rings (SSSR count). The fourth-order valence-electron chi connectivity index (χ4n) is 3.75. The van der Waals surface area contributed by atoms with Crippen molar-refractivity contribution in [2.75, 3.05) is 6.54 Å². The lowest BCUT2D eigenvalue weighted by atomic mass is 9.92. The summed E-state index contributed by atoms with van der Waals surface area (Å²) in [6.07, 6.45) is 8.13. The summed E-state index contributed by atoms with van der Waals surface area (Å²) in [7, 11) is 0. The van der Waals surface area contributed by atoms with Crippen molar-refractivity contribution in [3.05, 3.63) is 76.0 Å². The molecule has 4 unspecified atom stereocenters. The Morgan fingerprint density at radius 1 is 1.27 bits per heavy atom. The van der Waals surface area contributed by atoms with Crippen LogP contribution in [0, 0.1) is 5.82 Å². The Bertz CT molecular complexity index is 1020. The maximum Gasteiger partial charge on any atom is 0.142 e. The molecule has 3 N–H and O–H groups in total. The van der Waals surface area contributed by atoms with Gasteiger partial charge in [-0.25, -0.2) is 9.07 Å². The highest BCUT2D eigenvalue weighted by molar-refractivity contribution is 8.00. The summed E-state index contributed by atoms with van der Waals surface area (Å²) in [5.41, 5.74) is 9.07. The predicted octanol–water partition coefficient (Wildman–Crippen LogP) is 4.94. The van der Waals surface area contributed by atoms with E-state index in [0.29, 0.717) is 10.6 Å². The molecule has 0 saturated carbocycles. The summed E-state index contributed by atoms with van der Waals surface area (Å²) in [5, 5.41) is 8.45. The first-order chi connectivity index (χ1) is 14.4. The molecule has 158 valence electrons. The third kappa shape index (κ3) is 4.50. The van der Waals surface area contributed by atoms with Gasteiger partial charge >= 0.3 is 0 Å². The van der Waals surface area contributed by atoms with Gasteiger partial charge in [0.15, 0.2) is 0 Å². The molecule has 1 aliphatic heterocycles. The van der Waals surface area contributed by atoms with Gasteiger partial charge in [0.1, 0.15) is 5.82 Å². The number of hydrogen-bond acceptors (Lipinski definition) is 5. The first kappa shape index (κ1) is 21.6. The van der Waals surface area contributed by atoms with Gasteiger partial charge in [0.25, 0.3) is 0 Å². The molecule has 1 saturated heterocycles. The van der Waals surface area contributed by atoms with Crippen LogP contribution in [0.3, 0.4) is 0 Å². The van der Waals surface area contributed by atoms with Gasteiger partial charge in [-0.3, -0.25) is 4.98 Å². The summed E-state index contributed by atoms with van der Waals surface area (Å²) in [5.74, 6) is -0.195. The number of hydrogen-bond donors (Lipinski definition) is 2. The van der Waals surface area contributed by atoms with Crippen LogP contribution >= 0.6 is 35.0 Å². The average molecular weight is 466 g/mol. The molecule has 5 nitrogen and oxygen atoms in total. The number of nitrogens with zero attached hydrogens (tertiary/aromatic N) is 3. The number of nitrogens with two attached hydrogens (primary N) is 1. The van der Waals surface area contributed by atoms with Crippen LogP contribution in [0.5, 0.6) is 0 Å². The lowest BCUT2D eigenvalue weighted by molar-refractivity contribution is 0.383. The number of rotatable bonds is 5. The molecule has 30 heavy (non-hydrogen) atoms. The molecule has 1 aliphatic rings. The molecule has 0 aliphatic carbocycles. The van der Waals surface area contributed by atoms with Crippen molar-refractivity contribution < 1.29 is 4.39 Å². The minimum absolute atomic E-state index is 0.0787. The second-order valence-corrected chi connectivity index (χ2v) is 9.73. The van der Waals surface area contributed by atoms with Crippen molar-refractivity contribution in [2.24, 2.45) is 5.73 Å². The maximum atomic E-state index is 14.0. The average Bonchev–Trinajstić information content (AvgIpc) is 3.24. The summed E-state index contributed by atoms with van der Waals surface area (Å²) in [6, 6.07) is 6.66. The molecule has 3 aromatic rings. The van der Waals surface area contributed by atoms with E-state index >= 15 is 0 Å². The maximum absolute atomic E-state index is 14.0. The van der Waals surface area contributed by atoms with Crippen LogP contribution < -0.4 is 11.1 Å². The Hall–Kier alpha value is -1.64. The van der Waals surface area contributed by atoms with Gasteiger partial charge in [-0.1, -0.05) is 23.2 Å². The Labute approximate surface area is 189 Å². The predicted molar refractivity (Wildman–Crippen MR) is 121 cm³/mol. The van der Waals surface area contributed by atoms with Gasteiger partial charge in [0.05, 0.1) is 23.1 Å². The number of aromatic nitrogens is 3. The van der Waals surface area contributed by atoms with Crippen molar-refractivity contribution in [3.63, 3.8) is 0 Å². The van der Waals surface area contributed by atoms with E-state index < -0.39 is 5.82 Å². The first-order valence-corrected chi connectivity index (χ1v) is 11.4. The van der Waals surface area contributed by atoms with Gasteiger partial charge in [-0.05, 0) is 43.2 Å². The van der Waals surface area contributed by atoms with Crippen LogP contribution in [0.25, 0.3) is 5.69 Å². The zero-order chi connectivity index (χ0) is 21.3. The molecule has 0 bridgehead atoms. The summed E-state index contributed by atoms with van der Waals surface area (Å²) in [4.78, 5) is 4.05. The van der Waals surface area contributed by atoms with Gasteiger partial charge in [-0.2, -0.15) is 5.10 Å². The van der Waals surface area contributed by atoms with Crippen LogP contribution in [-0.2, 0) is 0 Å². The molecule has 0 amide bonds. The molecule has 2 aromatic heterocycles. The SMILES string of the molecule is CC(SC1CC(c2cnn(-c3ccncc3)c2)CNC1N)c1c(Cl)ccc(F)c1Cl. The second kappa shape index (κ2) is 9.24. The standard InChI is InChI=1S/C21H22Cl2FN5S/c1-12(19-16(22)2-3-17(24)20(19)23)30-18-8-13(9-27-21(18)25)14-10-28-29(11-14)15-4-6-26-7-5-15/h2-7,10-13,18,21,27H,8-9,25H2,1H3. The van der Waals surface area contributed by atoms with E-state index in [9.17, 15) is 4.39 Å². The number of benzene rings is 1. The highest BCUT2D eigenvalue weighted by atomic mass is 35.5. The molecular formula is C21H22Cl2FN5S. The number of pyridine rings is 1. The van der Waals surface area contributed by atoms with Gasteiger partial charge in [0.2, 0.25) is 0 Å². The Morgan fingerprint density at radius 3 is 2.80 bits per heavy atom. The number of nitrogens with one attached hydrogen (secondary N) is 1. The third-order valence-corrected chi connectivity index (χ3v) is 7.58. The summed E-state index contributed by atoms with van der Waals surface area (Å²) < 4.78 is 15.8. The minimum Gasteiger partial charge on any atom is -0.315 e. The van der Waals surface area contributed by atoms with Crippen molar-refractivity contribution >= 4 is 35.0 Å². The zero-order valence-electron chi connectivity index (χ0n) is 16.3. The summed E-state index contributed by atoms with van der Waals surface area (Å²) in [6.45, 7) is 2.76. The van der Waals surface area contributed by atoms with E-state index in [0.717, 1.165) is 24.2 Å². The molecule has 1 fully saturated rings. The molecule has 3 heterocycles. The molecule has 9 heteroatoms. The smallest absolute Gasteiger partial charge is 0.142 e. The van der Waals surface area contributed by atoms with Crippen molar-refractivity contribution in [2.45, 2.75) is 35.9 Å². The molecule has 0 spiro atoms. The third-order valence-electron chi connectivity index (χ3n) is 5.38. The van der Waals surface area contributed by atoms with E-state index in [1.54, 1.807) is 30.2 Å². The zero-order valence-corrected chi connectivity index (χ0v) is 18.6. The van der Waals surface area contributed by atoms with Gasteiger partial charge < -0.3 is 11.1 Å². The molecule has 0 radical (unpaired) electrons. The minimum atomic E-state index is -0.462. The molecular weight excluding hydrogens is 444 g/mol. The van der Waals surface area contributed by atoms with Crippen molar-refractivity contribution in [1.82, 2.24) is 20.1 Å². The lowest BCUT2D eigenvalue weighted by Crippen LogP contribution is -2.52. The van der Waals surface area contributed by atoms with Crippen molar-refractivity contribution in [1.29, 1.82) is 0 Å². The van der Waals surface area contributed by atoms with E-state index in [2.05, 4.69) is 15.4 Å². The number of halogens is 3. The Balaban J connectivity index is 1.49. The van der Waals surface area contributed by atoms with E-state index in [1.165, 1.54) is 6.07 Å².